The Kier molecular flexibility index (Phi) is 6.80. The van der Waals surface area contributed by atoms with Crippen LogP contribution in [0.15, 0.2) is 59.7 Å². The molecule has 0 saturated carbocycles. The van der Waals surface area contributed by atoms with Gasteiger partial charge in [-0.25, -0.2) is 5.43 Å². The van der Waals surface area contributed by atoms with Gasteiger partial charge in [0.2, 0.25) is 11.8 Å². The maximum absolute atomic E-state index is 12.2. The minimum atomic E-state index is -0.332. The second-order valence-electron chi connectivity index (χ2n) is 6.99. The highest BCUT2D eigenvalue weighted by molar-refractivity contribution is 6.02. The Hall–Kier alpha value is -3.67. The van der Waals surface area contributed by atoms with Gasteiger partial charge in [0.15, 0.2) is 0 Å². The number of rotatable bonds is 7. The molecule has 30 heavy (non-hydrogen) atoms. The fourth-order valence-corrected chi connectivity index (χ4v) is 3.14. The molecule has 3 rings (SSSR count). The molecule has 0 spiro atoms. The van der Waals surface area contributed by atoms with E-state index in [1.807, 2.05) is 68.4 Å². The Bertz CT molecular complexity index is 1110. The monoisotopic (exact) mass is 403 g/mol. The quantitative estimate of drug-likeness (QED) is 0.455. The Labute approximate surface area is 175 Å². The number of hydrazone groups is 1. The lowest BCUT2D eigenvalue weighted by Crippen LogP contribution is -2.21. The average Bonchev–Trinajstić information content (AvgIpc) is 2.75. The molecule has 0 heterocycles. The molecule has 2 amide bonds. The van der Waals surface area contributed by atoms with Gasteiger partial charge in [-0.05, 0) is 47.9 Å². The summed E-state index contributed by atoms with van der Waals surface area (Å²) in [6.45, 7) is 3.94. The smallest absolute Gasteiger partial charge is 0.240 e. The van der Waals surface area contributed by atoms with Gasteiger partial charge in [0.25, 0.3) is 0 Å². The standard InChI is InChI=1S/C24H25N3O3/c1-16-7-6-10-21(17(16)2)26-23(28)13-14-24(29)27-25-15-20-19-9-5-4-8-18(19)11-12-22(20)30-3/h4-12,15H,13-14H2,1-3H3,(H,26,28)(H,27,29). The molecule has 0 bridgehead atoms. The number of nitrogens with zero attached hydrogens (tertiary/aromatic N) is 1. The summed E-state index contributed by atoms with van der Waals surface area (Å²) in [6.07, 6.45) is 1.68. The number of amides is 2. The summed E-state index contributed by atoms with van der Waals surface area (Å²) in [5.41, 5.74) is 6.15. The van der Waals surface area contributed by atoms with Crippen LogP contribution in [0.1, 0.15) is 29.5 Å². The molecule has 6 heteroatoms. The van der Waals surface area contributed by atoms with E-state index < -0.39 is 0 Å². The fourth-order valence-electron chi connectivity index (χ4n) is 3.14. The van der Waals surface area contributed by atoms with Gasteiger partial charge >= 0.3 is 0 Å². The molecule has 154 valence electrons. The Balaban J connectivity index is 1.57. The maximum Gasteiger partial charge on any atom is 0.240 e. The third kappa shape index (κ3) is 5.03. The average molecular weight is 403 g/mol. The van der Waals surface area contributed by atoms with Crippen molar-refractivity contribution in [3.63, 3.8) is 0 Å². The van der Waals surface area contributed by atoms with Crippen molar-refractivity contribution in [1.29, 1.82) is 0 Å². The number of ether oxygens (including phenoxy) is 1. The van der Waals surface area contributed by atoms with Crippen LogP contribution < -0.4 is 15.5 Å². The number of hydrogen-bond acceptors (Lipinski definition) is 4. The van der Waals surface area contributed by atoms with E-state index in [-0.39, 0.29) is 24.7 Å². The zero-order chi connectivity index (χ0) is 21.5. The SMILES string of the molecule is COc1ccc2ccccc2c1C=NNC(=O)CCC(=O)Nc1cccc(C)c1C. The largest absolute Gasteiger partial charge is 0.496 e. The molecule has 0 aliphatic heterocycles. The molecular weight excluding hydrogens is 378 g/mol. The topological polar surface area (TPSA) is 79.8 Å². The first-order valence-electron chi connectivity index (χ1n) is 9.73. The van der Waals surface area contributed by atoms with Gasteiger partial charge in [-0.3, -0.25) is 9.59 Å². The zero-order valence-electron chi connectivity index (χ0n) is 17.4. The lowest BCUT2D eigenvalue weighted by molar-refractivity contribution is -0.124. The van der Waals surface area contributed by atoms with E-state index in [0.29, 0.717) is 5.75 Å². The van der Waals surface area contributed by atoms with Crippen LogP contribution in [0.3, 0.4) is 0 Å². The molecule has 6 nitrogen and oxygen atoms in total. The highest BCUT2D eigenvalue weighted by Gasteiger charge is 2.09. The third-order valence-corrected chi connectivity index (χ3v) is 4.99. The van der Waals surface area contributed by atoms with Gasteiger partial charge in [0.1, 0.15) is 5.75 Å². The van der Waals surface area contributed by atoms with E-state index in [1.165, 1.54) is 0 Å². The molecule has 0 aromatic heterocycles. The van der Waals surface area contributed by atoms with E-state index in [9.17, 15) is 9.59 Å². The first-order valence-corrected chi connectivity index (χ1v) is 9.73. The van der Waals surface area contributed by atoms with Crippen molar-refractivity contribution < 1.29 is 14.3 Å². The van der Waals surface area contributed by atoms with Crippen molar-refractivity contribution in [3.05, 3.63) is 71.3 Å². The predicted molar refractivity (Wildman–Crippen MR) is 120 cm³/mol. The van der Waals surface area contributed by atoms with Crippen molar-refractivity contribution >= 4 is 34.5 Å². The number of carbonyl (C=O) groups excluding carboxylic acids is 2. The highest BCUT2D eigenvalue weighted by Crippen LogP contribution is 2.26. The molecule has 0 saturated heterocycles. The minimum Gasteiger partial charge on any atom is -0.496 e. The van der Waals surface area contributed by atoms with Gasteiger partial charge in [0, 0.05) is 24.1 Å². The minimum absolute atomic E-state index is 0.0424. The molecule has 0 aliphatic rings. The van der Waals surface area contributed by atoms with Crippen LogP contribution in [0.2, 0.25) is 0 Å². The normalized spacial score (nSPS) is 10.9. The van der Waals surface area contributed by atoms with E-state index in [2.05, 4.69) is 15.8 Å². The molecule has 0 radical (unpaired) electrons. The van der Waals surface area contributed by atoms with Crippen molar-refractivity contribution in [3.8, 4) is 5.75 Å². The van der Waals surface area contributed by atoms with Gasteiger partial charge in [-0.15, -0.1) is 0 Å². The number of carbonyl (C=O) groups is 2. The number of hydrogen-bond donors (Lipinski definition) is 2. The predicted octanol–water partition coefficient (Wildman–Crippen LogP) is 4.33. The molecule has 0 atom stereocenters. The lowest BCUT2D eigenvalue weighted by atomic mass is 10.0. The van der Waals surface area contributed by atoms with Crippen LogP contribution in [0, 0.1) is 13.8 Å². The number of anilines is 1. The summed E-state index contributed by atoms with van der Waals surface area (Å²) >= 11 is 0. The van der Waals surface area contributed by atoms with Crippen molar-refractivity contribution in [2.45, 2.75) is 26.7 Å². The highest BCUT2D eigenvalue weighted by atomic mass is 16.5. The van der Waals surface area contributed by atoms with Gasteiger partial charge in [0.05, 0.1) is 13.3 Å². The van der Waals surface area contributed by atoms with Gasteiger partial charge < -0.3 is 10.1 Å². The molecule has 0 fully saturated rings. The summed E-state index contributed by atoms with van der Waals surface area (Å²) in [4.78, 5) is 24.3. The van der Waals surface area contributed by atoms with E-state index >= 15 is 0 Å². The van der Waals surface area contributed by atoms with Crippen LogP contribution in [0.25, 0.3) is 10.8 Å². The molecule has 0 aliphatic carbocycles. The van der Waals surface area contributed by atoms with Gasteiger partial charge in [-0.2, -0.15) is 5.10 Å². The first kappa shape index (κ1) is 21.0. The van der Waals surface area contributed by atoms with E-state index in [1.54, 1.807) is 13.3 Å². The molecule has 2 N–H and O–H groups in total. The Morgan fingerprint density at radius 3 is 2.53 bits per heavy atom. The van der Waals surface area contributed by atoms with Crippen LogP contribution in [0.4, 0.5) is 5.69 Å². The number of fused-ring (bicyclic) bond motifs is 1. The third-order valence-electron chi connectivity index (χ3n) is 4.99. The summed E-state index contributed by atoms with van der Waals surface area (Å²) in [5.74, 6) is 0.125. The molecule has 0 unspecified atom stereocenters. The van der Waals surface area contributed by atoms with E-state index in [4.69, 9.17) is 4.74 Å². The van der Waals surface area contributed by atoms with Crippen LogP contribution in [-0.2, 0) is 9.59 Å². The maximum atomic E-state index is 12.2. The fraction of sp³-hybridized carbons (Fsp3) is 0.208. The van der Waals surface area contributed by atoms with Crippen molar-refractivity contribution in [2.24, 2.45) is 5.10 Å². The Morgan fingerprint density at radius 1 is 0.967 bits per heavy atom. The molecule has 3 aromatic rings. The second kappa shape index (κ2) is 9.69. The Morgan fingerprint density at radius 2 is 1.73 bits per heavy atom. The summed E-state index contributed by atoms with van der Waals surface area (Å²) in [7, 11) is 1.59. The number of aryl methyl sites for hydroxylation is 1. The number of benzene rings is 3. The van der Waals surface area contributed by atoms with Crippen molar-refractivity contribution in [2.75, 3.05) is 12.4 Å². The van der Waals surface area contributed by atoms with Crippen LogP contribution in [0.5, 0.6) is 5.75 Å². The van der Waals surface area contributed by atoms with Crippen molar-refractivity contribution in [1.82, 2.24) is 5.43 Å². The first-order chi connectivity index (χ1) is 14.5. The van der Waals surface area contributed by atoms with E-state index in [0.717, 1.165) is 33.2 Å². The van der Waals surface area contributed by atoms with Gasteiger partial charge in [-0.1, -0.05) is 42.5 Å². The molecule has 3 aromatic carbocycles. The van der Waals surface area contributed by atoms with Crippen LogP contribution in [-0.4, -0.2) is 25.1 Å². The molecular formula is C24H25N3O3. The second-order valence-corrected chi connectivity index (χ2v) is 6.99. The summed E-state index contributed by atoms with van der Waals surface area (Å²) in [5, 5.41) is 8.93. The zero-order valence-corrected chi connectivity index (χ0v) is 17.4. The summed E-state index contributed by atoms with van der Waals surface area (Å²) in [6, 6.07) is 17.4. The number of nitrogens with one attached hydrogen (secondary N) is 2. The van der Waals surface area contributed by atoms with Crippen LogP contribution >= 0.6 is 0 Å². The summed E-state index contributed by atoms with van der Waals surface area (Å²) < 4.78 is 5.41. The number of methoxy groups -OCH3 is 1. The lowest BCUT2D eigenvalue weighted by Gasteiger charge is -2.10.